The molecule has 1 aliphatic rings. The number of nitrogens with zero attached hydrogens (tertiary/aromatic N) is 3. The van der Waals surface area contributed by atoms with Crippen LogP contribution in [0.4, 0.5) is 27.6 Å². The van der Waals surface area contributed by atoms with Crippen LogP contribution in [0.2, 0.25) is 0 Å². The van der Waals surface area contributed by atoms with Crippen molar-refractivity contribution in [2.24, 2.45) is 0 Å². The molecule has 1 heterocycles. The van der Waals surface area contributed by atoms with Gasteiger partial charge in [0, 0.05) is 31.4 Å². The molecule has 160 valence electrons. The van der Waals surface area contributed by atoms with E-state index in [1.54, 1.807) is 6.07 Å². The molecule has 1 aliphatic heterocycles. The van der Waals surface area contributed by atoms with E-state index in [0.717, 1.165) is 34.6 Å². The van der Waals surface area contributed by atoms with Crippen LogP contribution in [-0.4, -0.2) is 38.4 Å². The Labute approximate surface area is 170 Å². The van der Waals surface area contributed by atoms with Gasteiger partial charge in [-0.1, -0.05) is 0 Å². The number of sulfonamides is 1. The number of benzene rings is 2. The largest absolute Gasteiger partial charge is 0.418 e. The maximum absolute atomic E-state index is 13.5. The highest BCUT2D eigenvalue weighted by Crippen LogP contribution is 2.38. The summed E-state index contributed by atoms with van der Waals surface area (Å²) in [4.78, 5) is 1.07. The SMILES string of the molecule is C[C@@H]1CN(c2ccc(F)cc2C(F)(F)F)CCN1S(=O)(=O)c1ccc(F)c(C#N)c1. The predicted molar refractivity (Wildman–Crippen MR) is 98.1 cm³/mol. The molecule has 0 unspecified atom stereocenters. The second kappa shape index (κ2) is 7.85. The van der Waals surface area contributed by atoms with E-state index in [0.29, 0.717) is 6.07 Å². The predicted octanol–water partition coefficient (Wildman–Crippen LogP) is 3.75. The zero-order valence-electron chi connectivity index (χ0n) is 15.6. The van der Waals surface area contributed by atoms with Gasteiger partial charge in [0.15, 0.2) is 0 Å². The molecule has 0 amide bonds. The Bertz CT molecular complexity index is 1110. The Balaban J connectivity index is 1.89. The van der Waals surface area contributed by atoms with E-state index >= 15 is 0 Å². The van der Waals surface area contributed by atoms with Crippen LogP contribution < -0.4 is 4.90 Å². The first kappa shape index (κ1) is 22.0. The molecule has 3 rings (SSSR count). The molecule has 11 heteroatoms. The fourth-order valence-electron chi connectivity index (χ4n) is 3.41. The van der Waals surface area contributed by atoms with E-state index in [9.17, 15) is 30.4 Å². The van der Waals surface area contributed by atoms with Crippen molar-refractivity contribution in [1.29, 1.82) is 5.26 Å². The van der Waals surface area contributed by atoms with E-state index in [1.165, 1.54) is 11.8 Å². The minimum Gasteiger partial charge on any atom is -0.368 e. The van der Waals surface area contributed by atoms with Gasteiger partial charge in [-0.25, -0.2) is 17.2 Å². The van der Waals surface area contributed by atoms with Crippen molar-refractivity contribution in [2.75, 3.05) is 24.5 Å². The lowest BCUT2D eigenvalue weighted by atomic mass is 10.1. The normalized spacial score (nSPS) is 18.3. The van der Waals surface area contributed by atoms with Gasteiger partial charge in [-0.2, -0.15) is 22.7 Å². The highest BCUT2D eigenvalue weighted by atomic mass is 32.2. The molecule has 5 nitrogen and oxygen atoms in total. The highest BCUT2D eigenvalue weighted by molar-refractivity contribution is 7.89. The Hall–Kier alpha value is -2.71. The maximum atomic E-state index is 13.5. The number of hydrogen-bond donors (Lipinski definition) is 0. The minimum atomic E-state index is -4.77. The van der Waals surface area contributed by atoms with Gasteiger partial charge in [0.25, 0.3) is 0 Å². The summed E-state index contributed by atoms with van der Waals surface area (Å²) in [6, 6.07) is 6.02. The molecule has 1 fully saturated rings. The van der Waals surface area contributed by atoms with E-state index in [4.69, 9.17) is 5.26 Å². The van der Waals surface area contributed by atoms with Crippen molar-refractivity contribution in [2.45, 2.75) is 24.0 Å². The summed E-state index contributed by atoms with van der Waals surface area (Å²) in [7, 11) is -4.10. The first-order valence-corrected chi connectivity index (χ1v) is 10.2. The molecular weight excluding hydrogens is 429 g/mol. The van der Waals surface area contributed by atoms with Gasteiger partial charge in [-0.15, -0.1) is 0 Å². The number of rotatable bonds is 3. The van der Waals surface area contributed by atoms with Crippen LogP contribution in [0, 0.1) is 23.0 Å². The lowest BCUT2D eigenvalue weighted by Gasteiger charge is -2.40. The van der Waals surface area contributed by atoms with Crippen molar-refractivity contribution in [1.82, 2.24) is 4.31 Å². The third-order valence-corrected chi connectivity index (χ3v) is 6.85. The van der Waals surface area contributed by atoms with Gasteiger partial charge in [-0.05, 0) is 43.3 Å². The summed E-state index contributed by atoms with van der Waals surface area (Å²) in [5.74, 6) is -1.88. The van der Waals surface area contributed by atoms with Crippen LogP contribution in [0.3, 0.4) is 0 Å². The smallest absolute Gasteiger partial charge is 0.368 e. The molecule has 1 atom stereocenters. The van der Waals surface area contributed by atoms with E-state index in [-0.39, 0.29) is 30.2 Å². The second-order valence-electron chi connectivity index (χ2n) is 6.82. The fourth-order valence-corrected chi connectivity index (χ4v) is 5.05. The minimum absolute atomic E-state index is 0.0649. The molecule has 30 heavy (non-hydrogen) atoms. The molecule has 0 aromatic heterocycles. The second-order valence-corrected chi connectivity index (χ2v) is 8.71. The van der Waals surface area contributed by atoms with E-state index < -0.39 is 45.0 Å². The zero-order valence-corrected chi connectivity index (χ0v) is 16.4. The lowest BCUT2D eigenvalue weighted by molar-refractivity contribution is -0.137. The molecule has 0 aliphatic carbocycles. The van der Waals surface area contributed by atoms with Gasteiger partial charge in [0.05, 0.1) is 16.0 Å². The number of halogens is 5. The van der Waals surface area contributed by atoms with E-state index in [2.05, 4.69) is 0 Å². The topological polar surface area (TPSA) is 64.4 Å². The van der Waals surface area contributed by atoms with Gasteiger partial charge in [0.1, 0.15) is 17.7 Å². The average molecular weight is 445 g/mol. The third-order valence-electron chi connectivity index (χ3n) is 4.84. The van der Waals surface area contributed by atoms with Crippen molar-refractivity contribution >= 4 is 15.7 Å². The van der Waals surface area contributed by atoms with Crippen LogP contribution in [0.1, 0.15) is 18.1 Å². The number of nitriles is 1. The quantitative estimate of drug-likeness (QED) is 0.675. The average Bonchev–Trinajstić information content (AvgIpc) is 2.67. The molecule has 2 aromatic rings. The highest BCUT2D eigenvalue weighted by Gasteiger charge is 2.39. The molecule has 0 spiro atoms. The first-order valence-electron chi connectivity index (χ1n) is 8.78. The zero-order chi connectivity index (χ0) is 22.3. The monoisotopic (exact) mass is 445 g/mol. The summed E-state index contributed by atoms with van der Waals surface area (Å²) >= 11 is 0. The fraction of sp³-hybridized carbons (Fsp3) is 0.316. The Kier molecular flexibility index (Phi) is 5.75. The van der Waals surface area contributed by atoms with Crippen LogP contribution in [0.25, 0.3) is 0 Å². The van der Waals surface area contributed by atoms with Gasteiger partial charge >= 0.3 is 6.18 Å². The molecule has 0 bridgehead atoms. The number of hydrogen-bond acceptors (Lipinski definition) is 4. The molecule has 0 saturated carbocycles. The van der Waals surface area contributed by atoms with Crippen molar-refractivity contribution < 1.29 is 30.4 Å². The van der Waals surface area contributed by atoms with Gasteiger partial charge in [-0.3, -0.25) is 0 Å². The van der Waals surface area contributed by atoms with Crippen molar-refractivity contribution in [3.63, 3.8) is 0 Å². The summed E-state index contributed by atoms with van der Waals surface area (Å²) in [6.07, 6.45) is -4.77. The number of piperazine rings is 1. The standard InChI is InChI=1S/C19H16F5N3O2S/c1-12-11-26(18-5-2-14(20)9-16(18)19(22,23)24)6-7-27(12)30(28,29)15-3-4-17(21)13(8-15)10-25/h2-5,8-9,12H,6-7,11H2,1H3/t12-/m1/s1. The van der Waals surface area contributed by atoms with Crippen molar-refractivity contribution in [3.05, 3.63) is 59.2 Å². The van der Waals surface area contributed by atoms with Gasteiger partial charge in [0.2, 0.25) is 10.0 Å². The molecular formula is C19H16F5N3O2S. The van der Waals surface area contributed by atoms with Gasteiger partial charge < -0.3 is 4.90 Å². The van der Waals surface area contributed by atoms with Crippen LogP contribution >= 0.6 is 0 Å². The Morgan fingerprint density at radius 1 is 1.10 bits per heavy atom. The van der Waals surface area contributed by atoms with Crippen LogP contribution in [-0.2, 0) is 16.2 Å². The summed E-state index contributed by atoms with van der Waals surface area (Å²) < 4.78 is 93.8. The number of anilines is 1. The molecule has 0 radical (unpaired) electrons. The van der Waals surface area contributed by atoms with Crippen LogP contribution in [0.15, 0.2) is 41.3 Å². The molecule has 0 N–H and O–H groups in total. The Morgan fingerprint density at radius 3 is 2.40 bits per heavy atom. The molecule has 2 aromatic carbocycles. The first-order chi connectivity index (χ1) is 13.9. The summed E-state index contributed by atoms with van der Waals surface area (Å²) in [6.45, 7) is 1.25. The maximum Gasteiger partial charge on any atom is 0.418 e. The summed E-state index contributed by atoms with van der Waals surface area (Å²) in [5.41, 5.74) is -1.80. The lowest BCUT2D eigenvalue weighted by Crippen LogP contribution is -2.54. The van der Waals surface area contributed by atoms with Crippen LogP contribution in [0.5, 0.6) is 0 Å². The third kappa shape index (κ3) is 4.11. The number of alkyl halides is 3. The van der Waals surface area contributed by atoms with Crippen molar-refractivity contribution in [3.8, 4) is 6.07 Å². The Morgan fingerprint density at radius 2 is 1.80 bits per heavy atom. The summed E-state index contributed by atoms with van der Waals surface area (Å²) in [5, 5.41) is 8.92. The molecule has 1 saturated heterocycles. The van der Waals surface area contributed by atoms with E-state index in [1.807, 2.05) is 0 Å².